The van der Waals surface area contributed by atoms with Gasteiger partial charge in [-0.2, -0.15) is 0 Å². The summed E-state index contributed by atoms with van der Waals surface area (Å²) in [5.74, 6) is 0.124. The summed E-state index contributed by atoms with van der Waals surface area (Å²) >= 11 is 9.20. The van der Waals surface area contributed by atoms with Crippen molar-refractivity contribution in [1.82, 2.24) is 5.32 Å². The Kier molecular flexibility index (Phi) is 4.49. The van der Waals surface area contributed by atoms with Crippen LogP contribution in [-0.4, -0.2) is 19.2 Å². The number of benzene rings is 1. The first-order valence-electron chi connectivity index (χ1n) is 7.55. The van der Waals surface area contributed by atoms with E-state index in [1.165, 1.54) is 38.2 Å². The maximum Gasteiger partial charge on any atom is 0.145 e. The Morgan fingerprint density at radius 3 is 2.71 bits per heavy atom. The molecule has 1 aromatic carbocycles. The third kappa shape index (κ3) is 2.71. The fourth-order valence-corrected chi connectivity index (χ4v) is 4.68. The van der Waals surface area contributed by atoms with E-state index in [0.29, 0.717) is 16.3 Å². The SMILES string of the molecule is CNC1CC(Oc2cc(F)c(Cl)cc2Br)C12CCCCC2. The molecule has 0 amide bonds. The molecule has 2 nitrogen and oxygen atoms in total. The van der Waals surface area contributed by atoms with E-state index in [1.54, 1.807) is 6.07 Å². The highest BCUT2D eigenvalue weighted by atomic mass is 79.9. The van der Waals surface area contributed by atoms with Crippen molar-refractivity contribution in [1.29, 1.82) is 0 Å². The fraction of sp³-hybridized carbons (Fsp3) is 0.625. The summed E-state index contributed by atoms with van der Waals surface area (Å²) in [6, 6.07) is 3.46. The number of rotatable bonds is 3. The molecule has 21 heavy (non-hydrogen) atoms. The molecule has 2 fully saturated rings. The zero-order chi connectivity index (χ0) is 15.0. The summed E-state index contributed by atoms with van der Waals surface area (Å²) in [6.45, 7) is 0. The molecule has 0 aliphatic heterocycles. The minimum Gasteiger partial charge on any atom is -0.488 e. The van der Waals surface area contributed by atoms with E-state index in [-0.39, 0.29) is 16.5 Å². The normalized spacial score (nSPS) is 27.4. The van der Waals surface area contributed by atoms with Gasteiger partial charge in [0.25, 0.3) is 0 Å². The van der Waals surface area contributed by atoms with E-state index >= 15 is 0 Å². The molecule has 1 spiro atoms. The highest BCUT2D eigenvalue weighted by molar-refractivity contribution is 9.10. The molecule has 2 unspecified atom stereocenters. The summed E-state index contributed by atoms with van der Waals surface area (Å²) in [6.07, 6.45) is 7.35. The maximum absolute atomic E-state index is 13.7. The van der Waals surface area contributed by atoms with Crippen molar-refractivity contribution in [3.05, 3.63) is 27.4 Å². The van der Waals surface area contributed by atoms with Gasteiger partial charge in [0.1, 0.15) is 17.7 Å². The third-order valence-electron chi connectivity index (χ3n) is 5.16. The van der Waals surface area contributed by atoms with Crippen molar-refractivity contribution in [2.24, 2.45) is 5.41 Å². The molecule has 1 N–H and O–H groups in total. The van der Waals surface area contributed by atoms with Crippen LogP contribution in [-0.2, 0) is 0 Å². The number of nitrogens with one attached hydrogen (secondary N) is 1. The van der Waals surface area contributed by atoms with Crippen LogP contribution in [0.1, 0.15) is 38.5 Å². The zero-order valence-corrected chi connectivity index (χ0v) is 14.4. The van der Waals surface area contributed by atoms with Gasteiger partial charge in [-0.3, -0.25) is 0 Å². The quantitative estimate of drug-likeness (QED) is 0.755. The topological polar surface area (TPSA) is 21.3 Å². The molecule has 0 bridgehead atoms. The van der Waals surface area contributed by atoms with Crippen molar-refractivity contribution in [3.8, 4) is 5.75 Å². The second-order valence-corrected chi connectivity index (χ2v) is 7.44. The summed E-state index contributed by atoms with van der Waals surface area (Å²) < 4.78 is 20.5. The average molecular weight is 377 g/mol. The van der Waals surface area contributed by atoms with Crippen molar-refractivity contribution in [2.45, 2.75) is 50.7 Å². The lowest BCUT2D eigenvalue weighted by molar-refractivity contribution is -0.101. The van der Waals surface area contributed by atoms with Crippen LogP contribution >= 0.6 is 27.5 Å². The smallest absolute Gasteiger partial charge is 0.145 e. The molecule has 3 rings (SSSR count). The molecular formula is C16H20BrClFNO. The van der Waals surface area contributed by atoms with E-state index in [0.717, 1.165) is 6.42 Å². The first-order valence-corrected chi connectivity index (χ1v) is 8.72. The van der Waals surface area contributed by atoms with Gasteiger partial charge in [-0.05, 0) is 41.9 Å². The van der Waals surface area contributed by atoms with Gasteiger partial charge in [0.2, 0.25) is 0 Å². The predicted octanol–water partition coefficient (Wildman–Crippen LogP) is 4.93. The molecule has 1 aromatic rings. The monoisotopic (exact) mass is 375 g/mol. The molecule has 5 heteroatoms. The second-order valence-electron chi connectivity index (χ2n) is 6.17. The lowest BCUT2D eigenvalue weighted by Gasteiger charge is -2.57. The van der Waals surface area contributed by atoms with Gasteiger partial charge in [0.05, 0.1) is 9.50 Å². The van der Waals surface area contributed by atoms with Gasteiger partial charge in [-0.15, -0.1) is 0 Å². The minimum absolute atomic E-state index is 0.114. The molecule has 0 radical (unpaired) electrons. The van der Waals surface area contributed by atoms with Crippen LogP contribution in [0.4, 0.5) is 4.39 Å². The van der Waals surface area contributed by atoms with Crippen molar-refractivity contribution in [3.63, 3.8) is 0 Å². The number of halogens is 3. The van der Waals surface area contributed by atoms with E-state index in [4.69, 9.17) is 16.3 Å². The molecule has 2 saturated carbocycles. The van der Waals surface area contributed by atoms with Crippen molar-refractivity contribution in [2.75, 3.05) is 7.05 Å². The van der Waals surface area contributed by atoms with Crippen LogP contribution in [0.2, 0.25) is 5.02 Å². The maximum atomic E-state index is 13.7. The van der Waals surface area contributed by atoms with Gasteiger partial charge in [-0.1, -0.05) is 30.9 Å². The third-order valence-corrected chi connectivity index (χ3v) is 6.07. The highest BCUT2D eigenvalue weighted by Gasteiger charge is 2.56. The average Bonchev–Trinajstić information content (AvgIpc) is 2.48. The molecular weight excluding hydrogens is 357 g/mol. The second kappa shape index (κ2) is 6.05. The van der Waals surface area contributed by atoms with Gasteiger partial charge < -0.3 is 10.1 Å². The predicted molar refractivity (Wildman–Crippen MR) is 86.5 cm³/mol. The summed E-state index contributed by atoms with van der Waals surface area (Å²) in [4.78, 5) is 0. The first-order chi connectivity index (χ1) is 10.1. The number of ether oxygens (including phenoxy) is 1. The van der Waals surface area contributed by atoms with E-state index < -0.39 is 5.82 Å². The Labute approximate surface area is 138 Å². The van der Waals surface area contributed by atoms with E-state index in [2.05, 4.69) is 21.2 Å². The van der Waals surface area contributed by atoms with Gasteiger partial charge in [0, 0.05) is 23.9 Å². The van der Waals surface area contributed by atoms with Gasteiger partial charge in [0.15, 0.2) is 0 Å². The number of hydrogen-bond donors (Lipinski definition) is 1. The standard InChI is InChI=1S/C16H20BrClFNO/c1-20-14-9-15(16(14)5-3-2-4-6-16)21-13-8-12(19)11(18)7-10(13)17/h7-8,14-15,20H,2-6,9H2,1H3. The fourth-order valence-electron chi connectivity index (χ4n) is 3.95. The van der Waals surface area contributed by atoms with Gasteiger partial charge in [-0.25, -0.2) is 4.39 Å². The lowest BCUT2D eigenvalue weighted by atomic mass is 9.55. The summed E-state index contributed by atoms with van der Waals surface area (Å²) in [5, 5.41) is 3.54. The Morgan fingerprint density at radius 2 is 2.05 bits per heavy atom. The molecule has 2 atom stereocenters. The van der Waals surface area contributed by atoms with Crippen molar-refractivity contribution >= 4 is 27.5 Å². The summed E-state index contributed by atoms with van der Waals surface area (Å²) in [5.41, 5.74) is 0.211. The zero-order valence-electron chi connectivity index (χ0n) is 12.1. The van der Waals surface area contributed by atoms with Crippen LogP contribution in [0.3, 0.4) is 0 Å². The summed E-state index contributed by atoms with van der Waals surface area (Å²) in [7, 11) is 2.02. The van der Waals surface area contributed by atoms with Crippen LogP contribution < -0.4 is 10.1 Å². The van der Waals surface area contributed by atoms with Crippen LogP contribution in [0.5, 0.6) is 5.75 Å². The van der Waals surface area contributed by atoms with E-state index in [1.807, 2.05) is 7.05 Å². The molecule has 2 aliphatic rings. The van der Waals surface area contributed by atoms with Crippen LogP contribution in [0.25, 0.3) is 0 Å². The van der Waals surface area contributed by atoms with Crippen LogP contribution in [0, 0.1) is 11.2 Å². The lowest BCUT2D eigenvalue weighted by Crippen LogP contribution is -2.64. The molecule has 0 heterocycles. The number of hydrogen-bond acceptors (Lipinski definition) is 2. The highest BCUT2D eigenvalue weighted by Crippen LogP contribution is 2.53. The largest absolute Gasteiger partial charge is 0.488 e. The Balaban J connectivity index is 1.80. The Bertz CT molecular complexity index is 533. The molecule has 0 saturated heterocycles. The van der Waals surface area contributed by atoms with E-state index in [9.17, 15) is 4.39 Å². The van der Waals surface area contributed by atoms with Crippen molar-refractivity contribution < 1.29 is 9.13 Å². The first kappa shape index (κ1) is 15.6. The minimum atomic E-state index is -0.433. The molecule has 0 aromatic heterocycles. The van der Waals surface area contributed by atoms with Gasteiger partial charge >= 0.3 is 0 Å². The Hall–Kier alpha value is -0.320. The van der Waals surface area contributed by atoms with Crippen LogP contribution in [0.15, 0.2) is 16.6 Å². The molecule has 116 valence electrons. The molecule has 2 aliphatic carbocycles. The Morgan fingerprint density at radius 1 is 1.33 bits per heavy atom.